The van der Waals surface area contributed by atoms with E-state index < -0.39 is 34.7 Å². The number of hydrogen-bond acceptors (Lipinski definition) is 5. The van der Waals surface area contributed by atoms with Gasteiger partial charge >= 0.3 is 6.03 Å². The van der Waals surface area contributed by atoms with Crippen LogP contribution < -0.4 is 5.32 Å². The zero-order valence-corrected chi connectivity index (χ0v) is 13.8. The van der Waals surface area contributed by atoms with Crippen LogP contribution in [-0.4, -0.2) is 39.6 Å². The van der Waals surface area contributed by atoms with Crippen molar-refractivity contribution in [3.8, 4) is 0 Å². The van der Waals surface area contributed by atoms with Crippen LogP contribution in [0.1, 0.15) is 42.6 Å². The fourth-order valence-corrected chi connectivity index (χ4v) is 2.76. The van der Waals surface area contributed by atoms with Crippen LogP contribution in [0.25, 0.3) is 0 Å². The third-order valence-corrected chi connectivity index (χ3v) is 4.48. The first kappa shape index (κ1) is 17.6. The maximum Gasteiger partial charge on any atom is 0.325 e. The minimum atomic E-state index is -0.976. The van der Waals surface area contributed by atoms with Crippen molar-refractivity contribution in [2.45, 2.75) is 39.2 Å². The Bertz CT molecular complexity index is 724. The molecule has 1 saturated heterocycles. The zero-order chi connectivity index (χ0) is 18.1. The summed E-state index contributed by atoms with van der Waals surface area (Å²) in [4.78, 5) is 48.2. The quantitative estimate of drug-likeness (QED) is 0.371. The van der Waals surface area contributed by atoms with Gasteiger partial charge in [-0.3, -0.25) is 24.6 Å². The summed E-state index contributed by atoms with van der Waals surface area (Å²) in [6, 6.07) is 3.48. The summed E-state index contributed by atoms with van der Waals surface area (Å²) in [6.45, 7) is 4.71. The van der Waals surface area contributed by atoms with Crippen molar-refractivity contribution in [2.75, 3.05) is 6.54 Å². The average Bonchev–Trinajstić information content (AvgIpc) is 2.79. The fourth-order valence-electron chi connectivity index (χ4n) is 2.76. The molecule has 0 unspecified atom stereocenters. The normalized spacial score (nSPS) is 16.2. The number of amides is 3. The molecular weight excluding hydrogens is 314 g/mol. The lowest BCUT2D eigenvalue weighted by molar-refractivity contribution is -0.385. The molecule has 1 aliphatic rings. The van der Waals surface area contributed by atoms with Gasteiger partial charge in [-0.1, -0.05) is 26.0 Å². The highest BCUT2D eigenvalue weighted by Gasteiger charge is 2.49. The summed E-state index contributed by atoms with van der Waals surface area (Å²) in [7, 11) is 0. The average molecular weight is 333 g/mol. The third kappa shape index (κ3) is 2.86. The van der Waals surface area contributed by atoms with Gasteiger partial charge in [0.1, 0.15) is 5.54 Å². The Labute approximate surface area is 139 Å². The maximum absolute atomic E-state index is 12.5. The summed E-state index contributed by atoms with van der Waals surface area (Å²) < 4.78 is 0. The minimum absolute atomic E-state index is 0.0957. The number of nitrogens with zero attached hydrogens (tertiary/aromatic N) is 2. The third-order valence-electron chi connectivity index (χ3n) is 4.48. The molecule has 8 nitrogen and oxygen atoms in total. The van der Waals surface area contributed by atoms with Crippen LogP contribution in [0, 0.1) is 17.0 Å². The second kappa shape index (κ2) is 6.38. The maximum atomic E-state index is 12.5. The van der Waals surface area contributed by atoms with Gasteiger partial charge in [-0.15, -0.1) is 0 Å². The zero-order valence-electron chi connectivity index (χ0n) is 13.8. The number of imide groups is 1. The molecule has 1 fully saturated rings. The molecule has 0 atom stereocenters. The lowest BCUT2D eigenvalue weighted by atomic mass is 9.93. The minimum Gasteiger partial charge on any atom is -0.323 e. The van der Waals surface area contributed by atoms with E-state index in [2.05, 4.69) is 5.32 Å². The van der Waals surface area contributed by atoms with Crippen molar-refractivity contribution >= 4 is 23.4 Å². The van der Waals surface area contributed by atoms with Crippen molar-refractivity contribution in [2.24, 2.45) is 0 Å². The first-order valence-electron chi connectivity index (χ1n) is 7.68. The predicted molar refractivity (Wildman–Crippen MR) is 85.7 cm³/mol. The fraction of sp³-hybridized carbons (Fsp3) is 0.438. The SMILES string of the molecule is CCC1(CC)NC(=O)N(CC(=O)c2ccc(C)c([N+](=O)[O-])c2)C1=O. The number of aryl methyl sites for hydroxylation is 1. The summed E-state index contributed by atoms with van der Waals surface area (Å²) >= 11 is 0. The Morgan fingerprint density at radius 2 is 1.92 bits per heavy atom. The summed E-state index contributed by atoms with van der Waals surface area (Å²) in [5.74, 6) is -0.961. The molecule has 1 N–H and O–H groups in total. The molecule has 128 valence electrons. The number of carbonyl (C=O) groups is 3. The van der Waals surface area contributed by atoms with Crippen LogP contribution in [0.15, 0.2) is 18.2 Å². The molecule has 2 rings (SSSR count). The molecule has 0 radical (unpaired) electrons. The molecule has 0 bridgehead atoms. The molecule has 1 aromatic carbocycles. The predicted octanol–water partition coefficient (Wildman–Crippen LogP) is 2.20. The first-order chi connectivity index (χ1) is 11.3. The van der Waals surface area contributed by atoms with Gasteiger partial charge in [0.2, 0.25) is 0 Å². The lowest BCUT2D eigenvalue weighted by Gasteiger charge is -2.22. The second-order valence-corrected chi connectivity index (χ2v) is 5.79. The van der Waals surface area contributed by atoms with Crippen molar-refractivity contribution in [1.82, 2.24) is 10.2 Å². The van der Waals surface area contributed by atoms with Crippen LogP contribution in [0.3, 0.4) is 0 Å². The van der Waals surface area contributed by atoms with Crippen molar-refractivity contribution in [1.29, 1.82) is 0 Å². The highest BCUT2D eigenvalue weighted by atomic mass is 16.6. The molecule has 0 aliphatic carbocycles. The van der Waals surface area contributed by atoms with Crippen LogP contribution in [-0.2, 0) is 4.79 Å². The van der Waals surface area contributed by atoms with Gasteiger partial charge in [0, 0.05) is 17.2 Å². The van der Waals surface area contributed by atoms with Gasteiger partial charge in [-0.2, -0.15) is 0 Å². The highest BCUT2D eigenvalue weighted by molar-refractivity contribution is 6.11. The Hall–Kier alpha value is -2.77. The number of urea groups is 1. The van der Waals surface area contributed by atoms with Crippen molar-refractivity contribution < 1.29 is 19.3 Å². The van der Waals surface area contributed by atoms with E-state index in [-0.39, 0.29) is 11.3 Å². The number of carbonyl (C=O) groups excluding carboxylic acids is 3. The molecule has 1 heterocycles. The Morgan fingerprint density at radius 3 is 2.42 bits per heavy atom. The lowest BCUT2D eigenvalue weighted by Crippen LogP contribution is -2.46. The van der Waals surface area contributed by atoms with Gasteiger partial charge < -0.3 is 5.32 Å². The van der Waals surface area contributed by atoms with Crippen LogP contribution >= 0.6 is 0 Å². The number of hydrogen-bond donors (Lipinski definition) is 1. The van der Waals surface area contributed by atoms with Gasteiger partial charge in [-0.05, 0) is 19.8 Å². The van der Waals surface area contributed by atoms with E-state index in [9.17, 15) is 24.5 Å². The van der Waals surface area contributed by atoms with Crippen LogP contribution in [0.5, 0.6) is 0 Å². The molecule has 1 aromatic rings. The number of nitro groups is 1. The Morgan fingerprint density at radius 1 is 1.29 bits per heavy atom. The van der Waals surface area contributed by atoms with Gasteiger partial charge in [0.25, 0.3) is 11.6 Å². The number of Topliss-reactive ketones (excluding diaryl/α,β-unsaturated/α-hetero) is 1. The summed E-state index contributed by atoms with van der Waals surface area (Å²) in [6.07, 6.45) is 0.851. The molecule has 24 heavy (non-hydrogen) atoms. The standard InChI is InChI=1S/C16H19N3O5/c1-4-16(5-2)14(21)18(15(22)17-16)9-13(20)11-7-6-10(3)12(8-11)19(23)24/h6-8H,4-5,9H2,1-3H3,(H,17,22). The van der Waals surface area contributed by atoms with E-state index in [4.69, 9.17) is 0 Å². The number of ketones is 1. The summed E-state index contributed by atoms with van der Waals surface area (Å²) in [5.41, 5.74) is -0.619. The summed E-state index contributed by atoms with van der Waals surface area (Å²) in [5, 5.41) is 13.6. The number of rotatable bonds is 6. The number of nitro benzene ring substituents is 1. The van der Waals surface area contributed by atoms with Gasteiger partial charge in [0.05, 0.1) is 11.5 Å². The monoisotopic (exact) mass is 333 g/mol. The molecule has 0 spiro atoms. The molecule has 8 heteroatoms. The Kier molecular flexibility index (Phi) is 4.68. The first-order valence-corrected chi connectivity index (χ1v) is 7.68. The van der Waals surface area contributed by atoms with Gasteiger partial charge in [0.15, 0.2) is 5.78 Å². The second-order valence-electron chi connectivity index (χ2n) is 5.79. The van der Waals surface area contributed by atoms with Crippen LogP contribution in [0.2, 0.25) is 0 Å². The smallest absolute Gasteiger partial charge is 0.323 e. The molecule has 0 aromatic heterocycles. The largest absolute Gasteiger partial charge is 0.325 e. The Balaban J connectivity index is 2.24. The topological polar surface area (TPSA) is 110 Å². The van der Waals surface area contributed by atoms with E-state index in [1.807, 2.05) is 0 Å². The van der Waals surface area contributed by atoms with E-state index in [1.165, 1.54) is 18.2 Å². The van der Waals surface area contributed by atoms with E-state index in [0.717, 1.165) is 4.90 Å². The highest BCUT2D eigenvalue weighted by Crippen LogP contribution is 2.25. The molecule has 1 aliphatic heterocycles. The van der Waals surface area contributed by atoms with Crippen molar-refractivity contribution in [3.05, 3.63) is 39.4 Å². The van der Waals surface area contributed by atoms with Crippen LogP contribution in [0.4, 0.5) is 10.5 Å². The number of benzene rings is 1. The van der Waals surface area contributed by atoms with E-state index in [0.29, 0.717) is 18.4 Å². The van der Waals surface area contributed by atoms with E-state index in [1.54, 1.807) is 20.8 Å². The molecule has 3 amide bonds. The molecule has 0 saturated carbocycles. The number of nitrogens with one attached hydrogen (secondary N) is 1. The van der Waals surface area contributed by atoms with Gasteiger partial charge in [-0.25, -0.2) is 4.79 Å². The van der Waals surface area contributed by atoms with E-state index >= 15 is 0 Å². The molecular formula is C16H19N3O5. The van der Waals surface area contributed by atoms with Crippen molar-refractivity contribution in [3.63, 3.8) is 0 Å².